The largest absolute Gasteiger partial charge is 0.447 e. The van der Waals surface area contributed by atoms with Gasteiger partial charge in [-0.05, 0) is 57.2 Å². The standard InChI is InChI=1S/C19H28N2O2/c1-16(2)23-18(22)21-13-10-19(15-21)8-11-20(12-9-19)14-17-6-4-3-5-7-17/h3-7,16H,8-15H2,1-2H3. The van der Waals surface area contributed by atoms with Gasteiger partial charge >= 0.3 is 6.09 Å². The second-order valence-electron chi connectivity index (χ2n) is 7.37. The molecule has 0 atom stereocenters. The molecule has 0 aromatic heterocycles. The van der Waals surface area contributed by atoms with Gasteiger partial charge in [0.1, 0.15) is 0 Å². The smallest absolute Gasteiger partial charge is 0.410 e. The van der Waals surface area contributed by atoms with Crippen molar-refractivity contribution in [1.82, 2.24) is 9.80 Å². The Balaban J connectivity index is 1.50. The molecular weight excluding hydrogens is 288 g/mol. The first-order valence-corrected chi connectivity index (χ1v) is 8.78. The molecule has 0 aliphatic carbocycles. The predicted molar refractivity (Wildman–Crippen MR) is 91.2 cm³/mol. The van der Waals surface area contributed by atoms with Crippen LogP contribution in [0.3, 0.4) is 0 Å². The van der Waals surface area contributed by atoms with Gasteiger partial charge in [0.2, 0.25) is 0 Å². The molecule has 1 amide bonds. The highest BCUT2D eigenvalue weighted by Crippen LogP contribution is 2.40. The number of piperidine rings is 1. The van der Waals surface area contributed by atoms with Crippen molar-refractivity contribution in [2.24, 2.45) is 5.41 Å². The van der Waals surface area contributed by atoms with Crippen molar-refractivity contribution in [1.29, 1.82) is 0 Å². The Morgan fingerprint density at radius 3 is 2.43 bits per heavy atom. The van der Waals surface area contributed by atoms with Crippen LogP contribution in [0.5, 0.6) is 0 Å². The summed E-state index contributed by atoms with van der Waals surface area (Å²) in [7, 11) is 0. The van der Waals surface area contributed by atoms with Gasteiger partial charge in [0, 0.05) is 19.6 Å². The number of rotatable bonds is 3. The highest BCUT2D eigenvalue weighted by Gasteiger charge is 2.42. The summed E-state index contributed by atoms with van der Waals surface area (Å²) in [6, 6.07) is 10.7. The Kier molecular flexibility index (Phi) is 4.90. The molecule has 0 unspecified atom stereocenters. The van der Waals surface area contributed by atoms with Crippen molar-refractivity contribution in [3.8, 4) is 0 Å². The summed E-state index contributed by atoms with van der Waals surface area (Å²) in [6.07, 6.45) is 3.33. The van der Waals surface area contributed by atoms with E-state index in [0.717, 1.165) is 39.1 Å². The van der Waals surface area contributed by atoms with Crippen LogP contribution in [-0.4, -0.2) is 48.2 Å². The lowest BCUT2D eigenvalue weighted by molar-refractivity contribution is 0.0698. The summed E-state index contributed by atoms with van der Waals surface area (Å²) < 4.78 is 5.34. The Labute approximate surface area is 139 Å². The van der Waals surface area contributed by atoms with Crippen LogP contribution in [0.4, 0.5) is 4.79 Å². The number of likely N-dealkylation sites (tertiary alicyclic amines) is 2. The monoisotopic (exact) mass is 316 g/mol. The van der Waals surface area contributed by atoms with Crippen molar-refractivity contribution >= 4 is 6.09 Å². The number of nitrogens with zero attached hydrogens (tertiary/aromatic N) is 2. The zero-order valence-corrected chi connectivity index (χ0v) is 14.3. The minimum atomic E-state index is -0.136. The van der Waals surface area contributed by atoms with E-state index in [1.165, 1.54) is 18.4 Å². The van der Waals surface area contributed by atoms with Gasteiger partial charge in [0.05, 0.1) is 6.10 Å². The zero-order valence-electron chi connectivity index (χ0n) is 14.3. The van der Waals surface area contributed by atoms with Gasteiger partial charge in [0.15, 0.2) is 0 Å². The third-order valence-corrected chi connectivity index (χ3v) is 5.20. The Morgan fingerprint density at radius 2 is 1.78 bits per heavy atom. The lowest BCUT2D eigenvalue weighted by Gasteiger charge is -2.39. The Bertz CT molecular complexity index is 521. The van der Waals surface area contributed by atoms with Crippen LogP contribution in [0.25, 0.3) is 0 Å². The molecule has 0 saturated carbocycles. The number of carbonyl (C=O) groups excluding carboxylic acids is 1. The van der Waals surface area contributed by atoms with Gasteiger partial charge in [0.25, 0.3) is 0 Å². The van der Waals surface area contributed by atoms with Gasteiger partial charge in [-0.15, -0.1) is 0 Å². The first-order chi connectivity index (χ1) is 11.1. The van der Waals surface area contributed by atoms with E-state index >= 15 is 0 Å². The fourth-order valence-electron chi connectivity index (χ4n) is 3.80. The summed E-state index contributed by atoms with van der Waals surface area (Å²) in [6.45, 7) is 8.83. The van der Waals surface area contributed by atoms with Crippen molar-refractivity contribution in [3.63, 3.8) is 0 Å². The van der Waals surface area contributed by atoms with Crippen LogP contribution in [-0.2, 0) is 11.3 Å². The van der Waals surface area contributed by atoms with Crippen LogP contribution in [0, 0.1) is 5.41 Å². The highest BCUT2D eigenvalue weighted by molar-refractivity contribution is 5.68. The SMILES string of the molecule is CC(C)OC(=O)N1CCC2(CCN(Cc3ccccc3)CC2)C1. The Morgan fingerprint density at radius 1 is 1.13 bits per heavy atom. The molecule has 2 aliphatic rings. The summed E-state index contributed by atoms with van der Waals surface area (Å²) in [5.41, 5.74) is 1.71. The van der Waals surface area contributed by atoms with E-state index in [9.17, 15) is 4.79 Å². The molecule has 4 nitrogen and oxygen atoms in total. The van der Waals surface area contributed by atoms with Crippen molar-refractivity contribution in [2.75, 3.05) is 26.2 Å². The molecule has 0 bridgehead atoms. The fraction of sp³-hybridized carbons (Fsp3) is 0.632. The summed E-state index contributed by atoms with van der Waals surface area (Å²) in [5.74, 6) is 0. The van der Waals surface area contributed by atoms with E-state index in [0.29, 0.717) is 5.41 Å². The van der Waals surface area contributed by atoms with Crippen LogP contribution >= 0.6 is 0 Å². The van der Waals surface area contributed by atoms with E-state index in [1.54, 1.807) is 0 Å². The molecule has 23 heavy (non-hydrogen) atoms. The molecule has 2 aliphatic heterocycles. The second kappa shape index (κ2) is 6.91. The summed E-state index contributed by atoms with van der Waals surface area (Å²) in [5, 5.41) is 0. The first kappa shape index (κ1) is 16.3. The topological polar surface area (TPSA) is 32.8 Å². The lowest BCUT2D eigenvalue weighted by Crippen LogP contribution is -2.42. The molecule has 0 N–H and O–H groups in total. The minimum absolute atomic E-state index is 0.0354. The molecule has 1 aromatic rings. The number of carbonyl (C=O) groups is 1. The predicted octanol–water partition coefficient (Wildman–Crippen LogP) is 3.52. The zero-order chi connectivity index (χ0) is 16.3. The summed E-state index contributed by atoms with van der Waals surface area (Å²) >= 11 is 0. The quantitative estimate of drug-likeness (QED) is 0.855. The van der Waals surface area contributed by atoms with Gasteiger partial charge in [-0.3, -0.25) is 4.90 Å². The van der Waals surface area contributed by atoms with E-state index < -0.39 is 0 Å². The van der Waals surface area contributed by atoms with Crippen LogP contribution in [0.1, 0.15) is 38.7 Å². The van der Waals surface area contributed by atoms with Gasteiger partial charge in [-0.25, -0.2) is 4.79 Å². The molecule has 2 heterocycles. The van der Waals surface area contributed by atoms with E-state index in [4.69, 9.17) is 4.74 Å². The number of ether oxygens (including phenoxy) is 1. The summed E-state index contributed by atoms with van der Waals surface area (Å²) in [4.78, 5) is 16.5. The maximum atomic E-state index is 12.1. The first-order valence-electron chi connectivity index (χ1n) is 8.78. The molecule has 2 saturated heterocycles. The van der Waals surface area contributed by atoms with Crippen molar-refractivity contribution in [3.05, 3.63) is 35.9 Å². The number of amides is 1. The molecule has 2 fully saturated rings. The molecule has 1 aromatic carbocycles. The van der Waals surface area contributed by atoms with Crippen LogP contribution in [0.2, 0.25) is 0 Å². The third kappa shape index (κ3) is 4.05. The molecule has 126 valence electrons. The van der Waals surface area contributed by atoms with E-state index in [-0.39, 0.29) is 12.2 Å². The Hall–Kier alpha value is -1.55. The molecule has 4 heteroatoms. The average molecular weight is 316 g/mol. The second-order valence-corrected chi connectivity index (χ2v) is 7.37. The van der Waals surface area contributed by atoms with Gasteiger partial charge in [-0.2, -0.15) is 0 Å². The van der Waals surface area contributed by atoms with Gasteiger partial charge < -0.3 is 9.64 Å². The third-order valence-electron chi connectivity index (χ3n) is 5.20. The van der Waals surface area contributed by atoms with E-state index in [2.05, 4.69) is 35.2 Å². The minimum Gasteiger partial charge on any atom is -0.447 e. The number of hydrogen-bond donors (Lipinski definition) is 0. The number of benzene rings is 1. The highest BCUT2D eigenvalue weighted by atomic mass is 16.6. The molecular formula is C19H28N2O2. The molecule has 1 spiro atoms. The van der Waals surface area contributed by atoms with E-state index in [1.807, 2.05) is 18.7 Å². The van der Waals surface area contributed by atoms with Crippen LogP contribution in [0.15, 0.2) is 30.3 Å². The number of hydrogen-bond acceptors (Lipinski definition) is 3. The van der Waals surface area contributed by atoms with Crippen LogP contribution < -0.4 is 0 Å². The fourth-order valence-corrected chi connectivity index (χ4v) is 3.80. The average Bonchev–Trinajstić information content (AvgIpc) is 2.95. The molecule has 3 rings (SSSR count). The normalized spacial score (nSPS) is 21.1. The maximum absolute atomic E-state index is 12.1. The lowest BCUT2D eigenvalue weighted by atomic mass is 9.77. The molecule has 0 radical (unpaired) electrons. The van der Waals surface area contributed by atoms with Crippen molar-refractivity contribution < 1.29 is 9.53 Å². The van der Waals surface area contributed by atoms with Gasteiger partial charge in [-0.1, -0.05) is 30.3 Å². The van der Waals surface area contributed by atoms with Crippen molar-refractivity contribution in [2.45, 2.75) is 45.8 Å². The maximum Gasteiger partial charge on any atom is 0.410 e.